The van der Waals surface area contributed by atoms with E-state index in [1.807, 2.05) is 6.92 Å². The summed E-state index contributed by atoms with van der Waals surface area (Å²) >= 11 is 0. The molecule has 1 aromatic heterocycles. The van der Waals surface area contributed by atoms with Crippen molar-refractivity contribution in [1.29, 1.82) is 0 Å². The monoisotopic (exact) mass is 200 g/mol. The van der Waals surface area contributed by atoms with Crippen LogP contribution in [0.5, 0.6) is 0 Å². The first-order chi connectivity index (χ1) is 6.72. The van der Waals surface area contributed by atoms with Gasteiger partial charge in [0.1, 0.15) is 5.69 Å². The van der Waals surface area contributed by atoms with E-state index in [2.05, 4.69) is 5.10 Å². The average Bonchev–Trinajstić information content (AvgIpc) is 2.89. The van der Waals surface area contributed by atoms with E-state index in [1.165, 1.54) is 0 Å². The minimum atomic E-state index is -2.44. The summed E-state index contributed by atoms with van der Waals surface area (Å²) in [6.45, 7) is 2.78. The molecule has 1 aliphatic rings. The maximum absolute atomic E-state index is 12.4. The first-order valence-electron chi connectivity index (χ1n) is 5.08. The first-order valence-corrected chi connectivity index (χ1v) is 5.08. The first kappa shape index (κ1) is 9.62. The molecule has 78 valence electrons. The second-order valence-corrected chi connectivity index (χ2v) is 3.79. The molecule has 1 fully saturated rings. The Bertz CT molecular complexity index is 316. The second-order valence-electron chi connectivity index (χ2n) is 3.79. The van der Waals surface area contributed by atoms with Crippen LogP contribution in [0.3, 0.4) is 0 Å². The summed E-state index contributed by atoms with van der Waals surface area (Å²) in [6.07, 6.45) is 0.742. The Labute approximate surface area is 81.9 Å². The van der Waals surface area contributed by atoms with Gasteiger partial charge in [-0.3, -0.25) is 4.68 Å². The highest BCUT2D eigenvalue weighted by Gasteiger charge is 2.29. The molecule has 14 heavy (non-hydrogen) atoms. The molecule has 0 aliphatic heterocycles. The SMILES string of the molecule is CCCn1nc(C(F)F)cc1C1CC1. The lowest BCUT2D eigenvalue weighted by atomic mass is 10.2. The van der Waals surface area contributed by atoms with E-state index in [4.69, 9.17) is 0 Å². The molecule has 2 rings (SSSR count). The quantitative estimate of drug-likeness (QED) is 0.730. The van der Waals surface area contributed by atoms with Gasteiger partial charge in [-0.15, -0.1) is 0 Å². The van der Waals surface area contributed by atoms with Crippen LogP contribution in [0.2, 0.25) is 0 Å². The van der Waals surface area contributed by atoms with Crippen LogP contribution in [0.15, 0.2) is 6.07 Å². The fourth-order valence-corrected chi connectivity index (χ4v) is 1.66. The lowest BCUT2D eigenvalue weighted by molar-refractivity contribution is 0.145. The summed E-state index contributed by atoms with van der Waals surface area (Å²) in [5, 5.41) is 3.93. The molecule has 0 unspecified atom stereocenters. The van der Waals surface area contributed by atoms with Gasteiger partial charge in [0, 0.05) is 18.2 Å². The van der Waals surface area contributed by atoms with E-state index in [0.717, 1.165) is 31.5 Å². The molecule has 1 saturated carbocycles. The molecular weight excluding hydrogens is 186 g/mol. The summed E-state index contributed by atoms with van der Waals surface area (Å²) in [5.74, 6) is 0.488. The standard InChI is InChI=1S/C10H14F2N2/c1-2-5-14-9(7-3-4-7)6-8(13-14)10(11)12/h6-7,10H,2-5H2,1H3. The highest BCUT2D eigenvalue weighted by Crippen LogP contribution is 2.41. The fourth-order valence-electron chi connectivity index (χ4n) is 1.66. The predicted molar refractivity (Wildman–Crippen MR) is 49.5 cm³/mol. The lowest BCUT2D eigenvalue weighted by Gasteiger charge is -2.03. The van der Waals surface area contributed by atoms with E-state index in [0.29, 0.717) is 5.92 Å². The number of rotatable bonds is 4. The fraction of sp³-hybridized carbons (Fsp3) is 0.700. The van der Waals surface area contributed by atoms with Gasteiger partial charge < -0.3 is 0 Å². The van der Waals surface area contributed by atoms with Gasteiger partial charge in [0.25, 0.3) is 6.43 Å². The highest BCUT2D eigenvalue weighted by molar-refractivity contribution is 5.19. The van der Waals surface area contributed by atoms with Crippen molar-refractivity contribution in [2.75, 3.05) is 0 Å². The summed E-state index contributed by atoms with van der Waals surface area (Å²) in [6, 6.07) is 1.57. The topological polar surface area (TPSA) is 17.8 Å². The maximum Gasteiger partial charge on any atom is 0.282 e. The van der Waals surface area contributed by atoms with Crippen LogP contribution in [-0.2, 0) is 6.54 Å². The van der Waals surface area contributed by atoms with E-state index in [9.17, 15) is 8.78 Å². The molecular formula is C10H14F2N2. The summed E-state index contributed by atoms with van der Waals surface area (Å²) in [4.78, 5) is 0. The Balaban J connectivity index is 2.25. The van der Waals surface area contributed by atoms with Crippen molar-refractivity contribution in [2.45, 2.75) is 45.1 Å². The third-order valence-corrected chi connectivity index (χ3v) is 2.48. The molecule has 0 spiro atoms. The number of alkyl halides is 2. The van der Waals surface area contributed by atoms with Crippen molar-refractivity contribution in [2.24, 2.45) is 0 Å². The highest BCUT2D eigenvalue weighted by atomic mass is 19.3. The van der Waals surface area contributed by atoms with E-state index in [-0.39, 0.29) is 5.69 Å². The van der Waals surface area contributed by atoms with Crippen molar-refractivity contribution in [3.63, 3.8) is 0 Å². The zero-order valence-electron chi connectivity index (χ0n) is 8.21. The number of nitrogens with zero attached hydrogens (tertiary/aromatic N) is 2. The van der Waals surface area contributed by atoms with Crippen LogP contribution in [0.1, 0.15) is 49.9 Å². The molecule has 1 aromatic rings. The normalized spacial score (nSPS) is 16.6. The van der Waals surface area contributed by atoms with Gasteiger partial charge >= 0.3 is 0 Å². The summed E-state index contributed by atoms with van der Waals surface area (Å²) < 4.78 is 26.6. The Morgan fingerprint density at radius 3 is 2.79 bits per heavy atom. The van der Waals surface area contributed by atoms with E-state index in [1.54, 1.807) is 10.7 Å². The smallest absolute Gasteiger partial charge is 0.269 e. The third kappa shape index (κ3) is 1.79. The number of hydrogen-bond donors (Lipinski definition) is 0. The molecule has 1 aliphatic carbocycles. The Morgan fingerprint density at radius 1 is 1.57 bits per heavy atom. The van der Waals surface area contributed by atoms with Crippen LogP contribution >= 0.6 is 0 Å². The summed E-state index contributed by atoms with van der Waals surface area (Å²) in [7, 11) is 0. The van der Waals surface area contributed by atoms with Crippen molar-refractivity contribution < 1.29 is 8.78 Å². The lowest BCUT2D eigenvalue weighted by Crippen LogP contribution is -2.03. The molecule has 0 N–H and O–H groups in total. The van der Waals surface area contributed by atoms with E-state index < -0.39 is 6.43 Å². The Kier molecular flexibility index (Phi) is 2.52. The molecule has 1 heterocycles. The minimum absolute atomic E-state index is 0.0691. The van der Waals surface area contributed by atoms with Crippen LogP contribution in [0.4, 0.5) is 8.78 Å². The molecule has 0 saturated heterocycles. The molecule has 4 heteroatoms. The number of aryl methyl sites for hydroxylation is 1. The predicted octanol–water partition coefficient (Wildman–Crippen LogP) is 3.11. The molecule has 0 aromatic carbocycles. The van der Waals surface area contributed by atoms with Crippen molar-refractivity contribution in [1.82, 2.24) is 9.78 Å². The van der Waals surface area contributed by atoms with E-state index >= 15 is 0 Å². The molecule has 0 amide bonds. The number of hydrogen-bond acceptors (Lipinski definition) is 1. The zero-order chi connectivity index (χ0) is 10.1. The summed E-state index contributed by atoms with van der Waals surface area (Å²) in [5.41, 5.74) is 0.933. The van der Waals surface area contributed by atoms with Gasteiger partial charge in [-0.05, 0) is 25.3 Å². The van der Waals surface area contributed by atoms with Gasteiger partial charge in [0.15, 0.2) is 0 Å². The number of halogens is 2. The van der Waals surface area contributed by atoms with Crippen molar-refractivity contribution in [3.8, 4) is 0 Å². The second kappa shape index (κ2) is 3.67. The minimum Gasteiger partial charge on any atom is -0.269 e. The van der Waals surface area contributed by atoms with Gasteiger partial charge in [-0.2, -0.15) is 5.10 Å². The van der Waals surface area contributed by atoms with Gasteiger partial charge in [0.05, 0.1) is 0 Å². The molecule has 0 bridgehead atoms. The average molecular weight is 200 g/mol. The third-order valence-electron chi connectivity index (χ3n) is 2.48. The van der Waals surface area contributed by atoms with Crippen LogP contribution < -0.4 is 0 Å². The molecule has 2 nitrogen and oxygen atoms in total. The van der Waals surface area contributed by atoms with Gasteiger partial charge in [-0.25, -0.2) is 8.78 Å². The Hall–Kier alpha value is -0.930. The maximum atomic E-state index is 12.4. The zero-order valence-corrected chi connectivity index (χ0v) is 8.21. The van der Waals surface area contributed by atoms with Crippen molar-refractivity contribution >= 4 is 0 Å². The van der Waals surface area contributed by atoms with Crippen LogP contribution in [0.25, 0.3) is 0 Å². The van der Waals surface area contributed by atoms with Crippen LogP contribution in [-0.4, -0.2) is 9.78 Å². The van der Waals surface area contributed by atoms with Crippen molar-refractivity contribution in [3.05, 3.63) is 17.5 Å². The Morgan fingerprint density at radius 2 is 2.29 bits per heavy atom. The largest absolute Gasteiger partial charge is 0.282 e. The van der Waals surface area contributed by atoms with Gasteiger partial charge in [0.2, 0.25) is 0 Å². The van der Waals surface area contributed by atoms with Gasteiger partial charge in [-0.1, -0.05) is 6.92 Å². The molecule has 0 radical (unpaired) electrons. The molecule has 0 atom stereocenters. The van der Waals surface area contributed by atoms with Crippen LogP contribution in [0, 0.1) is 0 Å². The number of aromatic nitrogens is 2.